The van der Waals surface area contributed by atoms with Gasteiger partial charge in [-0.05, 0) is 53.9 Å². The fourth-order valence-corrected chi connectivity index (χ4v) is 3.25. The van der Waals surface area contributed by atoms with Crippen LogP contribution in [0.4, 0.5) is 0 Å². The van der Waals surface area contributed by atoms with E-state index in [1.165, 1.54) is 0 Å². The number of halogens is 1. The van der Waals surface area contributed by atoms with Gasteiger partial charge in [-0.15, -0.1) is 24.0 Å². The second-order valence-electron chi connectivity index (χ2n) is 7.62. The van der Waals surface area contributed by atoms with E-state index in [2.05, 4.69) is 55.1 Å². The van der Waals surface area contributed by atoms with Crippen molar-refractivity contribution in [2.45, 2.75) is 66.0 Å². The van der Waals surface area contributed by atoms with E-state index >= 15 is 0 Å². The maximum Gasteiger partial charge on any atom is 0.191 e. The molecule has 2 N–H and O–H groups in total. The van der Waals surface area contributed by atoms with Crippen LogP contribution in [0.15, 0.2) is 4.99 Å². The van der Waals surface area contributed by atoms with Gasteiger partial charge >= 0.3 is 0 Å². The summed E-state index contributed by atoms with van der Waals surface area (Å²) in [5, 5.41) is 6.76. The zero-order chi connectivity index (χ0) is 19.2. The van der Waals surface area contributed by atoms with Crippen LogP contribution in [0.3, 0.4) is 0 Å². The molecule has 1 rings (SSSR count). The Kier molecular flexibility index (Phi) is 16.7. The van der Waals surface area contributed by atoms with Gasteiger partial charge in [0.2, 0.25) is 0 Å². The molecule has 0 bridgehead atoms. The molecular weight excluding hydrogens is 455 g/mol. The molecule has 1 fully saturated rings. The van der Waals surface area contributed by atoms with Crippen LogP contribution in [-0.4, -0.2) is 75.5 Å². The molecule has 1 unspecified atom stereocenters. The van der Waals surface area contributed by atoms with Gasteiger partial charge in [0.1, 0.15) is 0 Å². The molecule has 0 spiro atoms. The largest absolute Gasteiger partial charge is 0.381 e. The van der Waals surface area contributed by atoms with Gasteiger partial charge in [0.05, 0.1) is 13.2 Å². The number of ether oxygens (including phenoxy) is 2. The summed E-state index contributed by atoms with van der Waals surface area (Å²) in [5.74, 6) is 1.51. The Balaban J connectivity index is 0.00000676. The minimum absolute atomic E-state index is 0. The molecular formula is C20H43IN4O2. The van der Waals surface area contributed by atoms with E-state index in [-0.39, 0.29) is 24.0 Å². The van der Waals surface area contributed by atoms with Crippen molar-refractivity contribution in [3.63, 3.8) is 0 Å². The van der Waals surface area contributed by atoms with Crippen molar-refractivity contribution in [3.05, 3.63) is 0 Å². The Morgan fingerprint density at radius 2 is 1.93 bits per heavy atom. The molecule has 0 saturated carbocycles. The average molecular weight is 498 g/mol. The molecule has 0 aromatic carbocycles. The van der Waals surface area contributed by atoms with Crippen LogP contribution >= 0.6 is 24.0 Å². The lowest BCUT2D eigenvalue weighted by atomic mass is 10.1. The van der Waals surface area contributed by atoms with Gasteiger partial charge in [0.25, 0.3) is 0 Å². The van der Waals surface area contributed by atoms with Gasteiger partial charge in [0.15, 0.2) is 5.96 Å². The Morgan fingerprint density at radius 3 is 2.52 bits per heavy atom. The maximum absolute atomic E-state index is 5.73. The first kappa shape index (κ1) is 26.9. The highest BCUT2D eigenvalue weighted by molar-refractivity contribution is 14.0. The number of hydrogen-bond acceptors (Lipinski definition) is 4. The van der Waals surface area contributed by atoms with Gasteiger partial charge in [-0.2, -0.15) is 0 Å². The normalized spacial score (nSPS) is 17.6. The highest BCUT2D eigenvalue weighted by Crippen LogP contribution is 2.12. The number of rotatable bonds is 13. The van der Waals surface area contributed by atoms with E-state index in [1.54, 1.807) is 0 Å². The molecule has 0 aliphatic carbocycles. The summed E-state index contributed by atoms with van der Waals surface area (Å²) < 4.78 is 11.1. The van der Waals surface area contributed by atoms with Crippen LogP contribution in [-0.2, 0) is 9.47 Å². The van der Waals surface area contributed by atoms with E-state index < -0.39 is 0 Å². The summed E-state index contributed by atoms with van der Waals surface area (Å²) in [6.45, 7) is 18.2. The predicted octanol–water partition coefficient (Wildman–Crippen LogP) is 3.11. The number of nitrogens with one attached hydrogen (secondary N) is 2. The summed E-state index contributed by atoms with van der Waals surface area (Å²) in [5.41, 5.74) is 0. The smallest absolute Gasteiger partial charge is 0.191 e. The monoisotopic (exact) mass is 498 g/mol. The Morgan fingerprint density at radius 1 is 1.19 bits per heavy atom. The number of aliphatic imine (C=N–C) groups is 1. The minimum atomic E-state index is 0. The average Bonchev–Trinajstić information content (AvgIpc) is 3.10. The third-order valence-electron chi connectivity index (χ3n) is 4.65. The summed E-state index contributed by atoms with van der Waals surface area (Å²) in [4.78, 5) is 7.17. The zero-order valence-corrected chi connectivity index (χ0v) is 20.5. The second kappa shape index (κ2) is 16.8. The fourth-order valence-electron chi connectivity index (χ4n) is 3.25. The van der Waals surface area contributed by atoms with Crippen LogP contribution < -0.4 is 10.6 Å². The summed E-state index contributed by atoms with van der Waals surface area (Å²) >= 11 is 0. The van der Waals surface area contributed by atoms with Gasteiger partial charge in [-0.3, -0.25) is 9.89 Å². The lowest BCUT2D eigenvalue weighted by Gasteiger charge is -2.30. The zero-order valence-electron chi connectivity index (χ0n) is 18.1. The maximum atomic E-state index is 5.73. The van der Waals surface area contributed by atoms with Crippen LogP contribution in [0.1, 0.15) is 53.9 Å². The third-order valence-corrected chi connectivity index (χ3v) is 4.65. The first-order valence-electron chi connectivity index (χ1n) is 10.5. The molecule has 1 atom stereocenters. The first-order chi connectivity index (χ1) is 12.5. The number of guanidine groups is 1. The van der Waals surface area contributed by atoms with Crippen molar-refractivity contribution in [1.29, 1.82) is 0 Å². The first-order valence-corrected chi connectivity index (χ1v) is 10.5. The second-order valence-corrected chi connectivity index (χ2v) is 7.62. The standard InChI is InChI=1S/C20H42N4O2.HI/c1-6-21-20(22-10-7-12-24(17(2)3)18(4)5)23-11-8-13-25-15-19-9-14-26-16-19;/h17-19H,6-16H2,1-5H3,(H2,21,22,23);1H. The van der Waals surface area contributed by atoms with Crippen LogP contribution in [0.5, 0.6) is 0 Å². The molecule has 1 saturated heterocycles. The van der Waals surface area contributed by atoms with Crippen LogP contribution in [0.25, 0.3) is 0 Å². The predicted molar refractivity (Wildman–Crippen MR) is 125 cm³/mol. The molecule has 0 amide bonds. The molecule has 1 aliphatic heterocycles. The topological polar surface area (TPSA) is 58.1 Å². The van der Waals surface area contributed by atoms with Crippen molar-refractivity contribution in [3.8, 4) is 0 Å². The lowest BCUT2D eigenvalue weighted by molar-refractivity contribution is 0.0893. The van der Waals surface area contributed by atoms with Gasteiger partial charge in [0, 0.05) is 57.4 Å². The van der Waals surface area contributed by atoms with E-state index in [9.17, 15) is 0 Å². The lowest BCUT2D eigenvalue weighted by Crippen LogP contribution is -2.41. The van der Waals surface area contributed by atoms with Crippen molar-refractivity contribution in [2.24, 2.45) is 10.9 Å². The Hall–Kier alpha value is -0.120. The SMILES string of the molecule is CCNC(=NCCCOCC1CCOC1)NCCCN(C(C)C)C(C)C.I. The molecule has 1 heterocycles. The highest BCUT2D eigenvalue weighted by atomic mass is 127. The fraction of sp³-hybridized carbons (Fsp3) is 0.950. The van der Waals surface area contributed by atoms with Crippen molar-refractivity contribution >= 4 is 29.9 Å². The minimum Gasteiger partial charge on any atom is -0.381 e. The van der Waals surface area contributed by atoms with E-state index in [1.807, 2.05) is 0 Å². The Bertz CT molecular complexity index is 367. The van der Waals surface area contributed by atoms with Crippen LogP contribution in [0.2, 0.25) is 0 Å². The van der Waals surface area contributed by atoms with Crippen molar-refractivity contribution in [1.82, 2.24) is 15.5 Å². The van der Waals surface area contributed by atoms with Gasteiger partial charge in [-0.1, -0.05) is 0 Å². The van der Waals surface area contributed by atoms with Crippen molar-refractivity contribution in [2.75, 3.05) is 52.6 Å². The molecule has 0 radical (unpaired) electrons. The van der Waals surface area contributed by atoms with E-state index in [0.29, 0.717) is 18.0 Å². The Labute approximate surface area is 184 Å². The third kappa shape index (κ3) is 12.9. The summed E-state index contributed by atoms with van der Waals surface area (Å²) in [6, 6.07) is 1.18. The molecule has 6 nitrogen and oxygen atoms in total. The highest BCUT2D eigenvalue weighted by Gasteiger charge is 2.15. The number of hydrogen-bond donors (Lipinski definition) is 2. The molecule has 7 heteroatoms. The van der Waals surface area contributed by atoms with E-state index in [4.69, 9.17) is 9.47 Å². The van der Waals surface area contributed by atoms with E-state index in [0.717, 1.165) is 77.8 Å². The van der Waals surface area contributed by atoms with Gasteiger partial charge < -0.3 is 20.1 Å². The summed E-state index contributed by atoms with van der Waals surface area (Å²) in [7, 11) is 0. The molecule has 0 aromatic heterocycles. The van der Waals surface area contributed by atoms with Crippen LogP contribution in [0, 0.1) is 5.92 Å². The molecule has 1 aliphatic rings. The summed E-state index contributed by atoms with van der Waals surface area (Å²) in [6.07, 6.45) is 3.21. The van der Waals surface area contributed by atoms with Gasteiger partial charge in [-0.25, -0.2) is 0 Å². The van der Waals surface area contributed by atoms with Crippen molar-refractivity contribution < 1.29 is 9.47 Å². The molecule has 27 heavy (non-hydrogen) atoms. The molecule has 0 aromatic rings. The quantitative estimate of drug-likeness (QED) is 0.177. The molecule has 162 valence electrons. The number of nitrogens with zero attached hydrogens (tertiary/aromatic N) is 2.